The molecule has 0 aliphatic carbocycles. The molecule has 1 amide bonds. The van der Waals surface area contributed by atoms with Crippen molar-refractivity contribution in [2.45, 2.75) is 12.5 Å². The Balaban J connectivity index is 1.67. The van der Waals surface area contributed by atoms with Crippen molar-refractivity contribution in [1.29, 1.82) is 0 Å². The van der Waals surface area contributed by atoms with E-state index in [1.807, 2.05) is 4.90 Å². The number of hydrogen-bond donors (Lipinski definition) is 0. The number of amides is 1. The van der Waals surface area contributed by atoms with Crippen LogP contribution in [0.3, 0.4) is 0 Å². The number of pyridine rings is 1. The van der Waals surface area contributed by atoms with Gasteiger partial charge >= 0.3 is 0 Å². The van der Waals surface area contributed by atoms with Crippen LogP contribution >= 0.6 is 23.2 Å². The Morgan fingerprint density at radius 3 is 2.81 bits per heavy atom. The summed E-state index contributed by atoms with van der Waals surface area (Å²) in [5, 5.41) is 0.630. The highest BCUT2D eigenvalue weighted by Crippen LogP contribution is 2.23. The lowest BCUT2D eigenvalue weighted by Crippen LogP contribution is -2.45. The molecular weight excluding hydrogens is 313 g/mol. The lowest BCUT2D eigenvalue weighted by atomic mass is 10.2. The SMILES string of the molecule is O=C(c1cc(Cl)ncc1Cl)N1CCC(N2CCOCC2)C1. The van der Waals surface area contributed by atoms with Gasteiger partial charge < -0.3 is 9.64 Å². The second kappa shape index (κ2) is 6.48. The molecule has 2 fully saturated rings. The Morgan fingerprint density at radius 2 is 2.05 bits per heavy atom. The number of carbonyl (C=O) groups is 1. The zero-order valence-corrected chi connectivity index (χ0v) is 13.1. The van der Waals surface area contributed by atoms with Gasteiger partial charge in [0, 0.05) is 38.4 Å². The standard InChI is InChI=1S/C14H17Cl2N3O2/c15-12-8-17-13(16)7-11(12)14(20)19-2-1-10(9-19)18-3-5-21-6-4-18/h7-8,10H,1-6,9H2. The van der Waals surface area contributed by atoms with Crippen LogP contribution in [0.15, 0.2) is 12.3 Å². The fourth-order valence-electron chi connectivity index (χ4n) is 2.91. The summed E-state index contributed by atoms with van der Waals surface area (Å²) in [5.74, 6) is -0.0694. The van der Waals surface area contributed by atoms with Gasteiger partial charge in [0.25, 0.3) is 5.91 Å². The number of rotatable bonds is 2. The van der Waals surface area contributed by atoms with Gasteiger partial charge in [-0.3, -0.25) is 9.69 Å². The number of carbonyl (C=O) groups excluding carboxylic acids is 1. The molecular formula is C14H17Cl2N3O2. The highest BCUT2D eigenvalue weighted by molar-refractivity contribution is 6.35. The van der Waals surface area contributed by atoms with Gasteiger partial charge in [-0.1, -0.05) is 23.2 Å². The fourth-order valence-corrected chi connectivity index (χ4v) is 3.26. The van der Waals surface area contributed by atoms with Crippen LogP contribution < -0.4 is 0 Å². The van der Waals surface area contributed by atoms with Gasteiger partial charge in [0.05, 0.1) is 23.8 Å². The Labute approximate surface area is 133 Å². The maximum absolute atomic E-state index is 12.6. The number of likely N-dealkylation sites (tertiary alicyclic amines) is 1. The monoisotopic (exact) mass is 329 g/mol. The molecule has 0 radical (unpaired) electrons. The smallest absolute Gasteiger partial charge is 0.255 e. The molecule has 1 aromatic heterocycles. The topological polar surface area (TPSA) is 45.7 Å². The maximum atomic E-state index is 12.6. The largest absolute Gasteiger partial charge is 0.379 e. The summed E-state index contributed by atoms with van der Waals surface area (Å²) >= 11 is 11.9. The van der Waals surface area contributed by atoms with Gasteiger partial charge in [-0.2, -0.15) is 0 Å². The summed E-state index contributed by atoms with van der Waals surface area (Å²) < 4.78 is 5.37. The molecule has 3 rings (SSSR count). The normalized spacial score (nSPS) is 23.5. The molecule has 1 atom stereocenters. The molecule has 3 heterocycles. The molecule has 5 nitrogen and oxygen atoms in total. The average Bonchev–Trinajstić information content (AvgIpc) is 3.00. The number of nitrogens with zero attached hydrogens (tertiary/aromatic N) is 3. The van der Waals surface area contributed by atoms with Crippen molar-refractivity contribution < 1.29 is 9.53 Å². The van der Waals surface area contributed by atoms with E-state index in [0.29, 0.717) is 16.6 Å². The minimum absolute atomic E-state index is 0.0694. The van der Waals surface area contributed by atoms with E-state index >= 15 is 0 Å². The van der Waals surface area contributed by atoms with E-state index in [9.17, 15) is 4.79 Å². The van der Waals surface area contributed by atoms with Crippen LogP contribution in [0.2, 0.25) is 10.2 Å². The molecule has 1 aromatic rings. The fraction of sp³-hybridized carbons (Fsp3) is 0.571. The molecule has 0 bridgehead atoms. The molecule has 2 saturated heterocycles. The third-order valence-electron chi connectivity index (χ3n) is 4.07. The lowest BCUT2D eigenvalue weighted by molar-refractivity contribution is 0.0185. The second-order valence-corrected chi connectivity index (χ2v) is 6.12. The lowest BCUT2D eigenvalue weighted by Gasteiger charge is -2.32. The van der Waals surface area contributed by atoms with E-state index in [1.54, 1.807) is 0 Å². The quantitative estimate of drug-likeness (QED) is 0.778. The van der Waals surface area contributed by atoms with Crippen LogP contribution in [0.1, 0.15) is 16.8 Å². The van der Waals surface area contributed by atoms with E-state index in [1.165, 1.54) is 12.3 Å². The van der Waals surface area contributed by atoms with Crippen molar-refractivity contribution in [3.05, 3.63) is 28.0 Å². The van der Waals surface area contributed by atoms with Crippen LogP contribution in [0.4, 0.5) is 0 Å². The molecule has 114 valence electrons. The average molecular weight is 330 g/mol. The van der Waals surface area contributed by atoms with Crippen LogP contribution in [0.5, 0.6) is 0 Å². The maximum Gasteiger partial charge on any atom is 0.255 e. The van der Waals surface area contributed by atoms with Crippen molar-refractivity contribution in [2.24, 2.45) is 0 Å². The summed E-state index contributed by atoms with van der Waals surface area (Å²) in [5.41, 5.74) is 0.430. The summed E-state index contributed by atoms with van der Waals surface area (Å²) in [6.07, 6.45) is 2.41. The summed E-state index contributed by atoms with van der Waals surface area (Å²) in [6.45, 7) is 4.90. The zero-order valence-electron chi connectivity index (χ0n) is 11.6. The van der Waals surface area contributed by atoms with Crippen molar-refractivity contribution in [2.75, 3.05) is 39.4 Å². The van der Waals surface area contributed by atoms with E-state index in [2.05, 4.69) is 9.88 Å². The van der Waals surface area contributed by atoms with Crippen LogP contribution in [-0.4, -0.2) is 66.1 Å². The number of hydrogen-bond acceptors (Lipinski definition) is 4. The van der Waals surface area contributed by atoms with E-state index in [-0.39, 0.29) is 11.1 Å². The highest BCUT2D eigenvalue weighted by Gasteiger charge is 2.32. The molecule has 0 N–H and O–H groups in total. The predicted octanol–water partition coefficient (Wildman–Crippen LogP) is 1.94. The highest BCUT2D eigenvalue weighted by atomic mass is 35.5. The first kappa shape index (κ1) is 15.0. The first-order chi connectivity index (χ1) is 10.1. The van der Waals surface area contributed by atoms with Gasteiger partial charge in [-0.25, -0.2) is 4.98 Å². The molecule has 2 aliphatic rings. The minimum Gasteiger partial charge on any atom is -0.379 e. The van der Waals surface area contributed by atoms with E-state index < -0.39 is 0 Å². The number of ether oxygens (including phenoxy) is 1. The number of halogens is 2. The van der Waals surface area contributed by atoms with Gasteiger partial charge in [-0.15, -0.1) is 0 Å². The Kier molecular flexibility index (Phi) is 4.64. The Morgan fingerprint density at radius 1 is 1.29 bits per heavy atom. The van der Waals surface area contributed by atoms with Crippen molar-refractivity contribution in [3.63, 3.8) is 0 Å². The van der Waals surface area contributed by atoms with E-state index in [4.69, 9.17) is 27.9 Å². The van der Waals surface area contributed by atoms with Gasteiger partial charge in [-0.05, 0) is 12.5 Å². The summed E-state index contributed by atoms with van der Waals surface area (Å²) in [4.78, 5) is 20.7. The van der Waals surface area contributed by atoms with Crippen molar-refractivity contribution >= 4 is 29.1 Å². The van der Waals surface area contributed by atoms with Crippen LogP contribution in [0.25, 0.3) is 0 Å². The number of morpholine rings is 1. The number of aromatic nitrogens is 1. The van der Waals surface area contributed by atoms with Gasteiger partial charge in [0.15, 0.2) is 0 Å². The molecule has 0 aromatic carbocycles. The first-order valence-electron chi connectivity index (χ1n) is 7.07. The predicted molar refractivity (Wildman–Crippen MR) is 81.0 cm³/mol. The molecule has 0 saturated carbocycles. The molecule has 21 heavy (non-hydrogen) atoms. The van der Waals surface area contributed by atoms with Crippen LogP contribution in [0, 0.1) is 0 Å². The van der Waals surface area contributed by atoms with Crippen molar-refractivity contribution in [3.8, 4) is 0 Å². The third-order valence-corrected chi connectivity index (χ3v) is 4.57. The molecule has 0 spiro atoms. The Hall–Kier alpha value is -0.880. The molecule has 1 unspecified atom stereocenters. The molecule has 2 aliphatic heterocycles. The summed E-state index contributed by atoms with van der Waals surface area (Å²) in [6, 6.07) is 1.95. The Bertz CT molecular complexity index is 535. The van der Waals surface area contributed by atoms with Gasteiger partial charge in [0.2, 0.25) is 0 Å². The van der Waals surface area contributed by atoms with Crippen molar-refractivity contribution in [1.82, 2.24) is 14.8 Å². The van der Waals surface area contributed by atoms with Gasteiger partial charge in [0.1, 0.15) is 5.15 Å². The second-order valence-electron chi connectivity index (χ2n) is 5.33. The summed E-state index contributed by atoms with van der Waals surface area (Å²) in [7, 11) is 0. The molecule has 7 heteroatoms. The zero-order chi connectivity index (χ0) is 14.8. The first-order valence-corrected chi connectivity index (χ1v) is 7.83. The van der Waals surface area contributed by atoms with Crippen LogP contribution in [-0.2, 0) is 4.74 Å². The minimum atomic E-state index is -0.0694. The third kappa shape index (κ3) is 3.31. The van der Waals surface area contributed by atoms with E-state index in [0.717, 1.165) is 45.8 Å².